The lowest BCUT2D eigenvalue weighted by atomic mass is 10.1. The molecule has 2 heterocycles. The zero-order chi connectivity index (χ0) is 24.3. The first-order valence-electron chi connectivity index (χ1n) is 10.1. The predicted molar refractivity (Wildman–Crippen MR) is 114 cm³/mol. The van der Waals surface area contributed by atoms with Gasteiger partial charge in [-0.25, -0.2) is 0 Å². The van der Waals surface area contributed by atoms with Crippen LogP contribution in [0.1, 0.15) is 75.0 Å². The maximum Gasteiger partial charge on any atom is 0.282 e. The number of hydrogen-bond donors (Lipinski definition) is 1. The van der Waals surface area contributed by atoms with Crippen LogP contribution in [-0.2, 0) is 4.79 Å². The molecule has 0 atom stereocenters. The van der Waals surface area contributed by atoms with Crippen LogP contribution in [-0.4, -0.2) is 39.9 Å². The molecule has 3 rings (SSSR count). The molecule has 1 aromatic heterocycles. The van der Waals surface area contributed by atoms with E-state index < -0.39 is 28.3 Å². The van der Waals surface area contributed by atoms with Crippen molar-refractivity contribution in [1.82, 2.24) is 4.90 Å². The van der Waals surface area contributed by atoms with Crippen LogP contribution in [0.2, 0.25) is 0 Å². The molecule has 0 aliphatic carbocycles. The van der Waals surface area contributed by atoms with Crippen molar-refractivity contribution in [1.29, 1.82) is 5.26 Å². The van der Waals surface area contributed by atoms with Gasteiger partial charge in [0.25, 0.3) is 17.5 Å². The van der Waals surface area contributed by atoms with Crippen molar-refractivity contribution in [3.63, 3.8) is 0 Å². The summed E-state index contributed by atoms with van der Waals surface area (Å²) in [6.45, 7) is 2.90. The Morgan fingerprint density at radius 2 is 1.94 bits per heavy atom. The SMILES string of the molecule is CC(=O)c1c(C)oc(NC(=O)CCCCCN2C(=O)c3cccc([N+](=O)[O-])c3C2=O)c1C#N. The molecular weight excluding hydrogens is 432 g/mol. The van der Waals surface area contributed by atoms with Gasteiger partial charge in [0.1, 0.15) is 23.0 Å². The van der Waals surface area contributed by atoms with Gasteiger partial charge < -0.3 is 4.42 Å². The zero-order valence-corrected chi connectivity index (χ0v) is 18.0. The smallest absolute Gasteiger partial charge is 0.282 e. The Morgan fingerprint density at radius 1 is 1.21 bits per heavy atom. The molecule has 1 N–H and O–H groups in total. The summed E-state index contributed by atoms with van der Waals surface area (Å²) in [7, 11) is 0. The van der Waals surface area contributed by atoms with Gasteiger partial charge in [0.2, 0.25) is 11.8 Å². The average molecular weight is 452 g/mol. The van der Waals surface area contributed by atoms with Crippen molar-refractivity contribution in [3.8, 4) is 6.07 Å². The van der Waals surface area contributed by atoms with E-state index in [1.54, 1.807) is 0 Å². The molecule has 0 unspecified atom stereocenters. The lowest BCUT2D eigenvalue weighted by Crippen LogP contribution is -2.30. The minimum Gasteiger partial charge on any atom is -0.443 e. The highest BCUT2D eigenvalue weighted by Gasteiger charge is 2.40. The fourth-order valence-corrected chi connectivity index (χ4v) is 3.76. The highest BCUT2D eigenvalue weighted by atomic mass is 16.6. The van der Waals surface area contributed by atoms with Gasteiger partial charge in [-0.1, -0.05) is 12.5 Å². The lowest BCUT2D eigenvalue weighted by molar-refractivity contribution is -0.385. The summed E-state index contributed by atoms with van der Waals surface area (Å²) in [5.41, 5.74) is -0.468. The fourth-order valence-electron chi connectivity index (χ4n) is 3.76. The van der Waals surface area contributed by atoms with Gasteiger partial charge in [0.05, 0.1) is 16.1 Å². The number of anilines is 1. The van der Waals surface area contributed by atoms with Crippen LogP contribution in [0.4, 0.5) is 11.6 Å². The maximum absolute atomic E-state index is 12.5. The second kappa shape index (κ2) is 9.44. The summed E-state index contributed by atoms with van der Waals surface area (Å²) in [6, 6.07) is 5.80. The molecule has 1 aliphatic rings. The summed E-state index contributed by atoms with van der Waals surface area (Å²) in [5, 5.41) is 22.9. The Kier molecular flexibility index (Phi) is 6.67. The Balaban J connectivity index is 1.51. The number of nitriles is 1. The molecule has 0 bridgehead atoms. The molecule has 1 aromatic carbocycles. The van der Waals surface area contributed by atoms with E-state index in [1.807, 2.05) is 6.07 Å². The Morgan fingerprint density at radius 3 is 2.58 bits per heavy atom. The number of nitro groups is 1. The normalized spacial score (nSPS) is 12.5. The Hall–Kier alpha value is -4.33. The third-order valence-electron chi connectivity index (χ3n) is 5.26. The number of nitrogens with zero attached hydrogens (tertiary/aromatic N) is 3. The summed E-state index contributed by atoms with van der Waals surface area (Å²) >= 11 is 0. The van der Waals surface area contributed by atoms with Gasteiger partial charge >= 0.3 is 0 Å². The molecule has 170 valence electrons. The topological polar surface area (TPSA) is 164 Å². The monoisotopic (exact) mass is 452 g/mol. The zero-order valence-electron chi connectivity index (χ0n) is 18.0. The maximum atomic E-state index is 12.5. The number of rotatable bonds is 9. The number of carbonyl (C=O) groups is 4. The van der Waals surface area contributed by atoms with Crippen molar-refractivity contribution in [2.24, 2.45) is 0 Å². The van der Waals surface area contributed by atoms with Crippen molar-refractivity contribution < 1.29 is 28.5 Å². The van der Waals surface area contributed by atoms with E-state index >= 15 is 0 Å². The number of aryl methyl sites for hydroxylation is 1. The molecule has 0 spiro atoms. The van der Waals surface area contributed by atoms with Crippen LogP contribution in [0.5, 0.6) is 0 Å². The third-order valence-corrected chi connectivity index (χ3v) is 5.26. The molecule has 1 aliphatic heterocycles. The number of Topliss-reactive ketones (excluding diaryl/α,β-unsaturated/α-hetero) is 1. The number of nitrogens with one attached hydrogen (secondary N) is 1. The number of fused-ring (bicyclic) bond motifs is 1. The highest BCUT2D eigenvalue weighted by Crippen LogP contribution is 2.31. The van der Waals surface area contributed by atoms with E-state index in [-0.39, 0.29) is 52.6 Å². The van der Waals surface area contributed by atoms with E-state index in [0.29, 0.717) is 19.3 Å². The minimum absolute atomic E-state index is 0.0144. The van der Waals surface area contributed by atoms with Crippen LogP contribution < -0.4 is 5.32 Å². The largest absolute Gasteiger partial charge is 0.443 e. The minimum atomic E-state index is -0.696. The summed E-state index contributed by atoms with van der Waals surface area (Å²) in [6.07, 6.45) is 1.43. The van der Waals surface area contributed by atoms with E-state index in [0.717, 1.165) is 4.90 Å². The van der Waals surface area contributed by atoms with Gasteiger partial charge in [0.15, 0.2) is 5.78 Å². The first kappa shape index (κ1) is 23.3. The van der Waals surface area contributed by atoms with Crippen molar-refractivity contribution in [2.75, 3.05) is 11.9 Å². The number of imide groups is 1. The number of carbonyl (C=O) groups excluding carboxylic acids is 4. The van der Waals surface area contributed by atoms with Gasteiger partial charge in [-0.2, -0.15) is 5.26 Å². The van der Waals surface area contributed by atoms with Crippen molar-refractivity contribution >= 4 is 35.1 Å². The predicted octanol–water partition coefficient (Wildman–Crippen LogP) is 3.37. The van der Waals surface area contributed by atoms with Gasteiger partial charge in [0, 0.05) is 19.0 Å². The van der Waals surface area contributed by atoms with Crippen LogP contribution in [0, 0.1) is 28.4 Å². The molecule has 33 heavy (non-hydrogen) atoms. The number of unbranched alkanes of at least 4 members (excludes halogenated alkanes) is 2. The Bertz CT molecular complexity index is 1220. The first-order valence-corrected chi connectivity index (χ1v) is 10.1. The fraction of sp³-hybridized carbons (Fsp3) is 0.318. The number of amides is 3. The standard InChI is InChI=1S/C22H20N4O7/c1-12(27)18-13(2)33-20(15(18)11-23)24-17(28)9-4-3-5-10-25-21(29)14-7-6-8-16(26(31)32)19(14)22(25)30/h6-8H,3-5,9-10H2,1-2H3,(H,24,28). The highest BCUT2D eigenvalue weighted by molar-refractivity contribution is 6.23. The summed E-state index contributed by atoms with van der Waals surface area (Å²) in [4.78, 5) is 60.3. The summed E-state index contributed by atoms with van der Waals surface area (Å²) in [5.74, 6) is -1.85. The van der Waals surface area contributed by atoms with Gasteiger partial charge in [-0.05, 0) is 32.8 Å². The van der Waals surface area contributed by atoms with E-state index in [9.17, 15) is 34.6 Å². The first-order chi connectivity index (χ1) is 15.7. The number of nitro benzene ring substituents is 1. The molecule has 0 saturated carbocycles. The quantitative estimate of drug-likeness (QED) is 0.199. The molecular formula is C22H20N4O7. The average Bonchev–Trinajstić information content (AvgIpc) is 3.21. The van der Waals surface area contributed by atoms with E-state index in [2.05, 4.69) is 5.32 Å². The van der Waals surface area contributed by atoms with Crippen LogP contribution in [0.25, 0.3) is 0 Å². The number of ketones is 1. The van der Waals surface area contributed by atoms with Gasteiger partial charge in [-0.3, -0.25) is 39.5 Å². The second-order valence-corrected chi connectivity index (χ2v) is 7.48. The number of hydrogen-bond acceptors (Lipinski definition) is 8. The van der Waals surface area contributed by atoms with Crippen LogP contribution in [0.3, 0.4) is 0 Å². The Labute approximate surface area is 188 Å². The molecule has 11 heteroatoms. The van der Waals surface area contributed by atoms with E-state index in [1.165, 1.54) is 32.0 Å². The third kappa shape index (κ3) is 4.50. The van der Waals surface area contributed by atoms with Crippen LogP contribution >= 0.6 is 0 Å². The molecule has 3 amide bonds. The van der Waals surface area contributed by atoms with Crippen LogP contribution in [0.15, 0.2) is 22.6 Å². The van der Waals surface area contributed by atoms with Crippen molar-refractivity contribution in [3.05, 3.63) is 56.3 Å². The van der Waals surface area contributed by atoms with Crippen molar-refractivity contribution in [2.45, 2.75) is 39.5 Å². The number of benzene rings is 1. The number of furan rings is 1. The molecule has 11 nitrogen and oxygen atoms in total. The molecule has 0 fully saturated rings. The molecule has 0 radical (unpaired) electrons. The molecule has 0 saturated heterocycles. The second-order valence-electron chi connectivity index (χ2n) is 7.48. The van der Waals surface area contributed by atoms with E-state index in [4.69, 9.17) is 4.42 Å². The lowest BCUT2D eigenvalue weighted by Gasteiger charge is -2.13. The van der Waals surface area contributed by atoms with Gasteiger partial charge in [-0.15, -0.1) is 0 Å². The summed E-state index contributed by atoms with van der Waals surface area (Å²) < 4.78 is 5.34. The molecule has 2 aromatic rings.